The summed E-state index contributed by atoms with van der Waals surface area (Å²) < 4.78 is 0. The molecule has 2 heteroatoms. The Morgan fingerprint density at radius 1 is 1.00 bits per heavy atom. The Bertz CT molecular complexity index is 517. The van der Waals surface area contributed by atoms with Gasteiger partial charge in [-0.25, -0.2) is 0 Å². The fraction of sp³-hybridized carbons (Fsp3) is 0.200. The molecule has 88 valence electrons. The lowest BCUT2D eigenvalue weighted by Gasteiger charge is -2.13. The first kappa shape index (κ1) is 12.0. The van der Waals surface area contributed by atoms with Crippen molar-refractivity contribution in [3.8, 4) is 5.75 Å². The predicted octanol–water partition coefficient (Wildman–Crippen LogP) is 4.51. The SMILES string of the molecule is Cc1ccc(C(C)c2ccc(O)c(Cl)c2)cc1. The van der Waals surface area contributed by atoms with E-state index in [4.69, 9.17) is 11.6 Å². The van der Waals surface area contributed by atoms with E-state index in [1.165, 1.54) is 11.1 Å². The van der Waals surface area contributed by atoms with Gasteiger partial charge in [0.15, 0.2) is 0 Å². The van der Waals surface area contributed by atoms with Gasteiger partial charge in [-0.1, -0.05) is 54.4 Å². The summed E-state index contributed by atoms with van der Waals surface area (Å²) in [5.74, 6) is 0.403. The maximum Gasteiger partial charge on any atom is 0.134 e. The summed E-state index contributed by atoms with van der Waals surface area (Å²) in [6.45, 7) is 4.21. The molecule has 0 amide bonds. The third-order valence-electron chi connectivity index (χ3n) is 3.05. The number of aromatic hydroxyl groups is 1. The van der Waals surface area contributed by atoms with Gasteiger partial charge >= 0.3 is 0 Å². The smallest absolute Gasteiger partial charge is 0.134 e. The van der Waals surface area contributed by atoms with Gasteiger partial charge < -0.3 is 5.11 Å². The summed E-state index contributed by atoms with van der Waals surface area (Å²) in [4.78, 5) is 0. The van der Waals surface area contributed by atoms with Gasteiger partial charge in [0.2, 0.25) is 0 Å². The number of hydrogen-bond acceptors (Lipinski definition) is 1. The zero-order chi connectivity index (χ0) is 12.4. The molecule has 2 aromatic rings. The Labute approximate surface area is 107 Å². The van der Waals surface area contributed by atoms with Gasteiger partial charge in [-0.05, 0) is 30.2 Å². The molecule has 0 saturated carbocycles. The van der Waals surface area contributed by atoms with Crippen molar-refractivity contribution in [2.75, 3.05) is 0 Å². The van der Waals surface area contributed by atoms with E-state index in [0.717, 1.165) is 5.56 Å². The number of phenolic OH excluding ortho intramolecular Hbond substituents is 1. The van der Waals surface area contributed by atoms with Crippen LogP contribution >= 0.6 is 11.6 Å². The average molecular weight is 247 g/mol. The van der Waals surface area contributed by atoms with Crippen molar-refractivity contribution in [3.05, 3.63) is 64.2 Å². The minimum absolute atomic E-state index is 0.131. The first-order valence-electron chi connectivity index (χ1n) is 5.63. The summed E-state index contributed by atoms with van der Waals surface area (Å²) in [5, 5.41) is 9.80. The number of aryl methyl sites for hydroxylation is 1. The van der Waals surface area contributed by atoms with Gasteiger partial charge in [0.25, 0.3) is 0 Å². The number of hydrogen-bond donors (Lipinski definition) is 1. The molecule has 17 heavy (non-hydrogen) atoms. The Morgan fingerprint density at radius 2 is 1.59 bits per heavy atom. The van der Waals surface area contributed by atoms with Crippen LogP contribution in [-0.4, -0.2) is 5.11 Å². The highest BCUT2D eigenvalue weighted by atomic mass is 35.5. The molecular formula is C15H15ClO. The fourth-order valence-corrected chi connectivity index (χ4v) is 2.03. The molecule has 0 aromatic heterocycles. The molecule has 0 aliphatic carbocycles. The first-order valence-corrected chi connectivity index (χ1v) is 6.00. The predicted molar refractivity (Wildman–Crippen MR) is 71.8 cm³/mol. The lowest BCUT2D eigenvalue weighted by Crippen LogP contribution is -1.95. The number of rotatable bonds is 2. The summed E-state index contributed by atoms with van der Waals surface area (Å²) in [5.41, 5.74) is 3.61. The minimum Gasteiger partial charge on any atom is -0.506 e. The molecule has 0 aliphatic heterocycles. The van der Waals surface area contributed by atoms with E-state index < -0.39 is 0 Å². The van der Waals surface area contributed by atoms with Gasteiger partial charge in [0, 0.05) is 5.92 Å². The quantitative estimate of drug-likeness (QED) is 0.827. The molecule has 0 bridgehead atoms. The van der Waals surface area contributed by atoms with Crippen LogP contribution in [0.25, 0.3) is 0 Å². The van der Waals surface area contributed by atoms with Crippen molar-refractivity contribution in [2.45, 2.75) is 19.8 Å². The molecule has 1 nitrogen and oxygen atoms in total. The van der Waals surface area contributed by atoms with Crippen LogP contribution < -0.4 is 0 Å². The van der Waals surface area contributed by atoms with Crippen molar-refractivity contribution in [1.29, 1.82) is 0 Å². The lowest BCUT2D eigenvalue weighted by molar-refractivity contribution is 0.475. The standard InChI is InChI=1S/C15H15ClO/c1-10-3-5-12(6-4-10)11(2)13-7-8-15(17)14(16)9-13/h3-9,11,17H,1-2H3. The highest BCUT2D eigenvalue weighted by Crippen LogP contribution is 2.30. The van der Waals surface area contributed by atoms with Crippen LogP contribution in [0.15, 0.2) is 42.5 Å². The molecule has 2 rings (SSSR count). The maximum absolute atomic E-state index is 9.40. The van der Waals surface area contributed by atoms with Crippen LogP contribution in [0.2, 0.25) is 5.02 Å². The highest BCUT2D eigenvalue weighted by molar-refractivity contribution is 6.32. The first-order chi connectivity index (χ1) is 8.08. The zero-order valence-corrected chi connectivity index (χ0v) is 10.7. The molecule has 1 unspecified atom stereocenters. The van der Waals surface area contributed by atoms with Crippen molar-refractivity contribution >= 4 is 11.6 Å². The van der Waals surface area contributed by atoms with Gasteiger partial charge in [0.05, 0.1) is 5.02 Å². The van der Waals surface area contributed by atoms with Crippen molar-refractivity contribution < 1.29 is 5.11 Å². The monoisotopic (exact) mass is 246 g/mol. The van der Waals surface area contributed by atoms with Crippen LogP contribution in [0.1, 0.15) is 29.5 Å². The summed E-state index contributed by atoms with van der Waals surface area (Å²) >= 11 is 5.92. The molecule has 2 aromatic carbocycles. The van der Waals surface area contributed by atoms with Crippen molar-refractivity contribution in [2.24, 2.45) is 0 Å². The van der Waals surface area contributed by atoms with Crippen LogP contribution in [-0.2, 0) is 0 Å². The summed E-state index contributed by atoms with van der Waals surface area (Å²) in [7, 11) is 0. The van der Waals surface area contributed by atoms with E-state index in [1.54, 1.807) is 6.07 Å². The molecule has 0 fully saturated rings. The Morgan fingerprint density at radius 3 is 2.18 bits per heavy atom. The molecule has 0 aliphatic rings. The van der Waals surface area contributed by atoms with E-state index in [1.807, 2.05) is 12.1 Å². The van der Waals surface area contributed by atoms with Gasteiger partial charge in [-0.2, -0.15) is 0 Å². The van der Waals surface area contributed by atoms with Crippen LogP contribution in [0.5, 0.6) is 5.75 Å². The van der Waals surface area contributed by atoms with Crippen LogP contribution in [0, 0.1) is 6.92 Å². The van der Waals surface area contributed by atoms with Crippen LogP contribution in [0.3, 0.4) is 0 Å². The molecule has 0 spiro atoms. The molecule has 1 atom stereocenters. The van der Waals surface area contributed by atoms with Gasteiger partial charge in [0.1, 0.15) is 5.75 Å². The molecular weight excluding hydrogens is 232 g/mol. The highest BCUT2D eigenvalue weighted by Gasteiger charge is 2.09. The number of benzene rings is 2. The van der Waals surface area contributed by atoms with E-state index >= 15 is 0 Å². The second-order valence-corrected chi connectivity index (χ2v) is 4.75. The normalized spacial score (nSPS) is 12.4. The van der Waals surface area contributed by atoms with E-state index in [2.05, 4.69) is 38.1 Å². The second kappa shape index (κ2) is 4.80. The van der Waals surface area contributed by atoms with Gasteiger partial charge in [-0.3, -0.25) is 0 Å². The van der Waals surface area contributed by atoms with E-state index in [-0.39, 0.29) is 11.7 Å². The van der Waals surface area contributed by atoms with E-state index in [0.29, 0.717) is 5.02 Å². The van der Waals surface area contributed by atoms with Crippen molar-refractivity contribution in [3.63, 3.8) is 0 Å². The third kappa shape index (κ3) is 2.62. The largest absolute Gasteiger partial charge is 0.506 e. The summed E-state index contributed by atoms with van der Waals surface area (Å²) in [6.07, 6.45) is 0. The molecule has 1 N–H and O–H groups in total. The van der Waals surface area contributed by atoms with Gasteiger partial charge in [-0.15, -0.1) is 0 Å². The molecule has 0 radical (unpaired) electrons. The maximum atomic E-state index is 9.40. The van der Waals surface area contributed by atoms with E-state index in [9.17, 15) is 5.11 Å². The Balaban J connectivity index is 2.33. The van der Waals surface area contributed by atoms with Crippen molar-refractivity contribution in [1.82, 2.24) is 0 Å². The molecule has 0 heterocycles. The third-order valence-corrected chi connectivity index (χ3v) is 3.35. The number of phenols is 1. The topological polar surface area (TPSA) is 20.2 Å². The second-order valence-electron chi connectivity index (χ2n) is 4.34. The lowest BCUT2D eigenvalue weighted by atomic mass is 9.92. The van der Waals surface area contributed by atoms with Crippen LogP contribution in [0.4, 0.5) is 0 Å². The Kier molecular flexibility index (Phi) is 3.39. The Hall–Kier alpha value is -1.47. The fourth-order valence-electron chi connectivity index (χ4n) is 1.84. The minimum atomic E-state index is 0.131. The molecule has 0 saturated heterocycles. The average Bonchev–Trinajstić information content (AvgIpc) is 2.33. The number of halogens is 1. The zero-order valence-electron chi connectivity index (χ0n) is 9.94. The summed E-state index contributed by atoms with van der Waals surface area (Å²) in [6, 6.07) is 13.8.